The molecular weight excluding hydrogens is 277 g/mol. The Hall–Kier alpha value is -1.16. The zero-order chi connectivity index (χ0) is 14.6. The molecule has 0 aliphatic carbocycles. The van der Waals surface area contributed by atoms with Gasteiger partial charge in [-0.2, -0.15) is 0 Å². The van der Waals surface area contributed by atoms with Crippen LogP contribution in [-0.4, -0.2) is 25.2 Å². The Bertz CT molecular complexity index is 358. The molecule has 1 N–H and O–H groups in total. The molecule has 0 aliphatic heterocycles. The van der Waals surface area contributed by atoms with Crippen molar-refractivity contribution in [2.24, 2.45) is 0 Å². The van der Waals surface area contributed by atoms with Crippen molar-refractivity contribution in [1.82, 2.24) is 4.98 Å². The molecule has 0 aliphatic rings. The second-order valence-corrected chi connectivity index (χ2v) is 3.28. The van der Waals surface area contributed by atoms with Crippen molar-refractivity contribution in [3.05, 3.63) is 30.1 Å². The molecule has 0 bridgehead atoms. The largest absolute Gasteiger partial charge is 0.673 e. The summed E-state index contributed by atoms with van der Waals surface area (Å²) in [5.74, 6) is 0. The summed E-state index contributed by atoms with van der Waals surface area (Å²) >= 11 is 0. The highest BCUT2D eigenvalue weighted by Crippen LogP contribution is 2.06. The second kappa shape index (κ2) is 11.0. The Morgan fingerprint density at radius 1 is 1.28 bits per heavy atom. The van der Waals surface area contributed by atoms with E-state index in [1.165, 1.54) is 12.1 Å². The first-order chi connectivity index (χ1) is 8.16. The van der Waals surface area contributed by atoms with Gasteiger partial charge in [0.1, 0.15) is 0 Å². The Kier molecular flexibility index (Phi) is 11.7. The Balaban J connectivity index is 0. The minimum atomic E-state index is -6.00. The van der Waals surface area contributed by atoms with Crippen LogP contribution in [0.25, 0.3) is 0 Å². The number of nitrogens with zero attached hydrogens (tertiary/aromatic N) is 1. The fourth-order valence-electron chi connectivity index (χ4n) is 0.802. The lowest BCUT2D eigenvalue weighted by Crippen LogP contribution is -2.02. The van der Waals surface area contributed by atoms with E-state index >= 15 is 0 Å². The molecule has 0 aromatic carbocycles. The smallest absolute Gasteiger partial charge is 0.418 e. The molecule has 0 fully saturated rings. The lowest BCUT2D eigenvalue weighted by molar-refractivity contribution is 0.368. The van der Waals surface area contributed by atoms with Crippen LogP contribution in [-0.2, 0) is 17.4 Å². The normalized spacial score (nSPS) is 9.94. The molecule has 0 amide bonds. The summed E-state index contributed by atoms with van der Waals surface area (Å²) in [6.45, 7) is 2.16. The van der Waals surface area contributed by atoms with Crippen molar-refractivity contribution in [1.29, 1.82) is 0 Å². The average Bonchev–Trinajstić information content (AvgIpc) is 2.16. The van der Waals surface area contributed by atoms with Gasteiger partial charge in [-0.1, -0.05) is 19.4 Å². The number of halogens is 4. The molecule has 1 aromatic heterocycles. The molecule has 0 unspecified atom stereocenters. The lowest BCUT2D eigenvalue weighted by atomic mass is 10.2. The molecule has 1 heterocycles. The van der Waals surface area contributed by atoms with Crippen molar-refractivity contribution in [3.63, 3.8) is 0 Å². The van der Waals surface area contributed by atoms with Crippen LogP contribution < -0.4 is 0 Å². The molecular formula is C8H13BF4NO3S-. The standard InChI is InChI=1S/C8H11N.BF4.H2O3S/c1-2-5-8-6-3-4-7-9-8;2-1(3,4)5;1-4(2)3/h3-4,6-7H,2,5H2,1H3;;4H,(H,1,2,3)/q;-1;. The quantitative estimate of drug-likeness (QED) is 0.380. The molecule has 18 heavy (non-hydrogen) atoms. The van der Waals surface area contributed by atoms with Gasteiger partial charge in [-0.3, -0.25) is 9.54 Å². The number of thiol groups is 1. The van der Waals surface area contributed by atoms with Crippen molar-refractivity contribution in [2.75, 3.05) is 0 Å². The van der Waals surface area contributed by atoms with E-state index in [4.69, 9.17) is 13.0 Å². The summed E-state index contributed by atoms with van der Waals surface area (Å²) in [4.78, 5) is 4.17. The van der Waals surface area contributed by atoms with Gasteiger partial charge < -0.3 is 17.3 Å². The maximum atomic E-state index is 9.75. The van der Waals surface area contributed by atoms with E-state index in [1.807, 2.05) is 18.3 Å². The number of aromatic nitrogens is 1. The van der Waals surface area contributed by atoms with Crippen LogP contribution in [0.4, 0.5) is 17.3 Å². The van der Waals surface area contributed by atoms with E-state index in [9.17, 15) is 17.3 Å². The topological polar surface area (TPSA) is 67.3 Å². The van der Waals surface area contributed by atoms with Gasteiger partial charge in [0.05, 0.1) is 0 Å². The van der Waals surface area contributed by atoms with Gasteiger partial charge in [0.25, 0.3) is 11.0 Å². The molecule has 0 saturated heterocycles. The van der Waals surface area contributed by atoms with Crippen LogP contribution in [0.15, 0.2) is 24.4 Å². The molecule has 4 nitrogen and oxygen atoms in total. The molecule has 0 saturated carbocycles. The summed E-state index contributed by atoms with van der Waals surface area (Å²) in [7, 11) is -9.12. The van der Waals surface area contributed by atoms with Gasteiger partial charge in [0.15, 0.2) is 0 Å². The van der Waals surface area contributed by atoms with E-state index in [0.29, 0.717) is 0 Å². The lowest BCUT2D eigenvalue weighted by Gasteiger charge is -1.94. The molecule has 1 rings (SSSR count). The highest BCUT2D eigenvalue weighted by atomic mass is 32.2. The van der Waals surface area contributed by atoms with E-state index in [-0.39, 0.29) is 0 Å². The third-order valence-corrected chi connectivity index (χ3v) is 1.23. The molecule has 0 atom stereocenters. The monoisotopic (exact) mass is 290 g/mol. The predicted octanol–water partition coefficient (Wildman–Crippen LogP) is 2.40. The molecule has 10 heteroatoms. The molecule has 0 spiro atoms. The van der Waals surface area contributed by atoms with Crippen LogP contribution in [0.5, 0.6) is 0 Å². The van der Waals surface area contributed by atoms with E-state index in [0.717, 1.165) is 6.42 Å². The van der Waals surface area contributed by atoms with E-state index in [2.05, 4.69) is 18.0 Å². The Morgan fingerprint density at radius 2 is 1.72 bits per heavy atom. The second-order valence-electron chi connectivity index (χ2n) is 2.80. The first kappa shape index (κ1) is 19.2. The fourth-order valence-corrected chi connectivity index (χ4v) is 0.802. The number of hydrogen-bond donors (Lipinski definition) is 2. The van der Waals surface area contributed by atoms with Gasteiger partial charge in [0.2, 0.25) is 0 Å². The minimum Gasteiger partial charge on any atom is -0.418 e. The number of hydrogen-bond acceptors (Lipinski definition) is 3. The zero-order valence-corrected chi connectivity index (χ0v) is 10.4. The summed E-state index contributed by atoms with van der Waals surface area (Å²) in [5.41, 5.74) is 1.19. The van der Waals surface area contributed by atoms with Crippen molar-refractivity contribution >= 4 is 18.2 Å². The summed E-state index contributed by atoms with van der Waals surface area (Å²) in [6, 6.07) is 6.03. The summed E-state index contributed by atoms with van der Waals surface area (Å²) in [5, 5.41) is 0. The maximum absolute atomic E-state index is 9.75. The van der Waals surface area contributed by atoms with Gasteiger partial charge in [-0.05, 0) is 18.6 Å². The molecule has 0 radical (unpaired) electrons. The third kappa shape index (κ3) is 29.4. The van der Waals surface area contributed by atoms with E-state index < -0.39 is 18.2 Å². The van der Waals surface area contributed by atoms with Crippen LogP contribution in [0.3, 0.4) is 0 Å². The van der Waals surface area contributed by atoms with Crippen LogP contribution in [0, 0.1) is 0 Å². The first-order valence-electron chi connectivity index (χ1n) is 4.77. The Morgan fingerprint density at radius 3 is 2.00 bits per heavy atom. The number of aryl methyl sites for hydroxylation is 1. The van der Waals surface area contributed by atoms with Crippen LogP contribution in [0.1, 0.15) is 19.0 Å². The molecule has 1 aromatic rings. The Labute approximate surface area is 104 Å². The third-order valence-electron chi connectivity index (χ3n) is 1.23. The molecule has 106 valence electrons. The van der Waals surface area contributed by atoms with Crippen LogP contribution in [0.2, 0.25) is 0 Å². The summed E-state index contributed by atoms with van der Waals surface area (Å²) < 4.78 is 63.2. The number of rotatable bonds is 2. The van der Waals surface area contributed by atoms with Gasteiger partial charge in [-0.25, -0.2) is 8.42 Å². The average molecular weight is 290 g/mol. The van der Waals surface area contributed by atoms with Gasteiger partial charge >= 0.3 is 7.25 Å². The predicted molar refractivity (Wildman–Crippen MR) is 61.4 cm³/mol. The number of pyridine rings is 1. The maximum Gasteiger partial charge on any atom is 0.673 e. The summed E-state index contributed by atoms with van der Waals surface area (Å²) in [6.07, 6.45) is 4.11. The van der Waals surface area contributed by atoms with Crippen molar-refractivity contribution in [2.45, 2.75) is 19.8 Å². The first-order valence-corrected chi connectivity index (χ1v) is 5.90. The zero-order valence-electron chi connectivity index (χ0n) is 9.47. The fraction of sp³-hybridized carbons (Fsp3) is 0.375. The highest BCUT2D eigenvalue weighted by Gasteiger charge is 2.20. The van der Waals surface area contributed by atoms with Crippen LogP contribution >= 0.6 is 0 Å². The van der Waals surface area contributed by atoms with Crippen molar-refractivity contribution in [3.8, 4) is 0 Å². The van der Waals surface area contributed by atoms with Gasteiger partial charge in [0, 0.05) is 11.9 Å². The minimum absolute atomic E-state index is 1.10. The SMILES string of the molecule is CCCc1ccccn1.F[B-](F)(F)F.O=[SH](=O)O. The van der Waals surface area contributed by atoms with E-state index in [1.54, 1.807) is 0 Å². The highest BCUT2D eigenvalue weighted by molar-refractivity contribution is 7.66. The van der Waals surface area contributed by atoms with Crippen molar-refractivity contribution < 1.29 is 30.2 Å². The van der Waals surface area contributed by atoms with Gasteiger partial charge in [-0.15, -0.1) is 0 Å².